The van der Waals surface area contributed by atoms with Crippen molar-refractivity contribution in [2.24, 2.45) is 11.7 Å². The second-order valence-corrected chi connectivity index (χ2v) is 5.88. The van der Waals surface area contributed by atoms with E-state index in [0.29, 0.717) is 24.3 Å². The van der Waals surface area contributed by atoms with Gasteiger partial charge in [-0.25, -0.2) is 0 Å². The molecule has 134 valence electrons. The van der Waals surface area contributed by atoms with E-state index >= 15 is 0 Å². The van der Waals surface area contributed by atoms with Crippen LogP contribution in [0.25, 0.3) is 0 Å². The van der Waals surface area contributed by atoms with Crippen LogP contribution in [0.2, 0.25) is 0 Å². The molecule has 0 radical (unpaired) electrons. The Morgan fingerprint density at radius 1 is 1.12 bits per heavy atom. The second-order valence-electron chi connectivity index (χ2n) is 5.88. The first kappa shape index (κ1) is 20.7. The fourth-order valence-corrected chi connectivity index (χ4v) is 2.14. The molecule has 0 heterocycles. The van der Waals surface area contributed by atoms with E-state index in [2.05, 4.69) is 10.6 Å². The molecule has 0 aliphatic heterocycles. The Hall–Kier alpha value is -2.37. The number of hydrogen-bond donors (Lipinski definition) is 3. The lowest BCUT2D eigenvalue weighted by atomic mass is 10.1. The predicted molar refractivity (Wildman–Crippen MR) is 103 cm³/mol. The third kappa shape index (κ3) is 6.21. The molecule has 0 saturated carbocycles. The molecule has 0 aliphatic carbocycles. The van der Waals surface area contributed by atoms with Crippen molar-refractivity contribution in [3.8, 4) is 0 Å². The Labute approximate surface area is 154 Å². The summed E-state index contributed by atoms with van der Waals surface area (Å²) in [7, 11) is 0. The number of anilines is 1. The summed E-state index contributed by atoms with van der Waals surface area (Å²) in [6.07, 6.45) is 0. The topological polar surface area (TPSA) is 84.2 Å². The largest absolute Gasteiger partial charge is 0.352 e. The van der Waals surface area contributed by atoms with Gasteiger partial charge in [-0.05, 0) is 36.8 Å². The van der Waals surface area contributed by atoms with Crippen molar-refractivity contribution in [1.82, 2.24) is 5.32 Å². The number of carbonyl (C=O) groups is 2. The Morgan fingerprint density at radius 2 is 1.80 bits per heavy atom. The molecule has 0 spiro atoms. The number of nitrogens with two attached hydrogens (primary N) is 1. The quantitative estimate of drug-likeness (QED) is 0.739. The summed E-state index contributed by atoms with van der Waals surface area (Å²) >= 11 is 0. The van der Waals surface area contributed by atoms with Crippen LogP contribution in [0.15, 0.2) is 48.5 Å². The highest BCUT2D eigenvalue weighted by atomic mass is 35.5. The molecule has 1 unspecified atom stereocenters. The highest BCUT2D eigenvalue weighted by Gasteiger charge is 2.10. The van der Waals surface area contributed by atoms with E-state index in [1.54, 1.807) is 19.1 Å². The van der Waals surface area contributed by atoms with Crippen LogP contribution in [0.3, 0.4) is 0 Å². The first-order chi connectivity index (χ1) is 11.5. The summed E-state index contributed by atoms with van der Waals surface area (Å²) in [5, 5.41) is 5.70. The van der Waals surface area contributed by atoms with Gasteiger partial charge in [-0.3, -0.25) is 9.59 Å². The van der Waals surface area contributed by atoms with Crippen LogP contribution in [-0.4, -0.2) is 18.4 Å². The second kappa shape index (κ2) is 9.81. The molecule has 0 fully saturated rings. The first-order valence-electron chi connectivity index (χ1n) is 7.94. The van der Waals surface area contributed by atoms with Gasteiger partial charge in [0, 0.05) is 30.3 Å². The smallest absolute Gasteiger partial charge is 0.255 e. The molecule has 6 heteroatoms. The summed E-state index contributed by atoms with van der Waals surface area (Å²) in [5.41, 5.74) is 8.80. The Balaban J connectivity index is 0.00000312. The van der Waals surface area contributed by atoms with Crippen LogP contribution >= 0.6 is 12.4 Å². The van der Waals surface area contributed by atoms with Crippen LogP contribution in [0.1, 0.15) is 28.4 Å². The number of amides is 2. The minimum Gasteiger partial charge on any atom is -0.352 e. The van der Waals surface area contributed by atoms with Gasteiger partial charge in [-0.2, -0.15) is 0 Å². The molecule has 2 aromatic rings. The average molecular weight is 362 g/mol. The summed E-state index contributed by atoms with van der Waals surface area (Å²) in [6.45, 7) is 4.48. The number of aryl methyl sites for hydroxylation is 1. The normalized spacial score (nSPS) is 11.2. The summed E-state index contributed by atoms with van der Waals surface area (Å²) < 4.78 is 0. The van der Waals surface area contributed by atoms with Crippen molar-refractivity contribution in [2.45, 2.75) is 20.4 Å². The lowest BCUT2D eigenvalue weighted by molar-refractivity contribution is -0.124. The van der Waals surface area contributed by atoms with Crippen LogP contribution in [0.5, 0.6) is 0 Å². The molecular formula is C19H24ClN3O2. The van der Waals surface area contributed by atoms with Gasteiger partial charge >= 0.3 is 0 Å². The van der Waals surface area contributed by atoms with E-state index in [1.807, 2.05) is 43.3 Å². The van der Waals surface area contributed by atoms with Gasteiger partial charge < -0.3 is 16.4 Å². The van der Waals surface area contributed by atoms with E-state index in [-0.39, 0.29) is 30.1 Å². The Kier molecular flexibility index (Phi) is 8.11. The highest BCUT2D eigenvalue weighted by molar-refractivity contribution is 6.04. The van der Waals surface area contributed by atoms with Gasteiger partial charge in [0.2, 0.25) is 5.91 Å². The van der Waals surface area contributed by atoms with E-state index in [1.165, 1.54) is 0 Å². The summed E-state index contributed by atoms with van der Waals surface area (Å²) in [4.78, 5) is 24.0. The Bertz CT molecular complexity index is 717. The zero-order chi connectivity index (χ0) is 17.5. The van der Waals surface area contributed by atoms with Gasteiger partial charge in [0.1, 0.15) is 0 Å². The van der Waals surface area contributed by atoms with Crippen LogP contribution in [0, 0.1) is 12.8 Å². The number of hydrogen-bond acceptors (Lipinski definition) is 3. The van der Waals surface area contributed by atoms with Gasteiger partial charge in [0.05, 0.1) is 0 Å². The molecule has 0 aromatic heterocycles. The van der Waals surface area contributed by atoms with Gasteiger partial charge in [-0.15, -0.1) is 12.4 Å². The third-order valence-corrected chi connectivity index (χ3v) is 3.77. The first-order valence-corrected chi connectivity index (χ1v) is 7.94. The molecule has 0 saturated heterocycles. The molecule has 0 bridgehead atoms. The van der Waals surface area contributed by atoms with Gasteiger partial charge in [0.15, 0.2) is 0 Å². The number of rotatable bonds is 6. The van der Waals surface area contributed by atoms with Crippen LogP contribution in [0.4, 0.5) is 5.69 Å². The monoisotopic (exact) mass is 361 g/mol. The molecule has 2 aromatic carbocycles. The maximum atomic E-state index is 12.2. The van der Waals surface area contributed by atoms with Crippen molar-refractivity contribution in [1.29, 1.82) is 0 Å². The predicted octanol–water partition coefficient (Wildman–Crippen LogP) is 2.88. The lowest BCUT2D eigenvalue weighted by Gasteiger charge is -2.11. The SMILES string of the molecule is Cc1ccc(C(=O)Nc2cccc(CNC(=O)C(C)CN)c2)cc1.Cl. The van der Waals surface area contributed by atoms with Crippen molar-refractivity contribution in [3.63, 3.8) is 0 Å². The average Bonchev–Trinajstić information content (AvgIpc) is 2.59. The van der Waals surface area contributed by atoms with Crippen LogP contribution < -0.4 is 16.4 Å². The van der Waals surface area contributed by atoms with Crippen molar-refractivity contribution < 1.29 is 9.59 Å². The molecule has 2 amide bonds. The van der Waals surface area contributed by atoms with Crippen LogP contribution in [-0.2, 0) is 11.3 Å². The minimum atomic E-state index is -0.213. The number of carbonyl (C=O) groups excluding carboxylic acids is 2. The van der Waals surface area contributed by atoms with Crippen molar-refractivity contribution in [3.05, 3.63) is 65.2 Å². The maximum Gasteiger partial charge on any atom is 0.255 e. The zero-order valence-electron chi connectivity index (χ0n) is 14.4. The summed E-state index contributed by atoms with van der Waals surface area (Å²) in [5.74, 6) is -0.450. The van der Waals surface area contributed by atoms with E-state index < -0.39 is 0 Å². The third-order valence-electron chi connectivity index (χ3n) is 3.77. The number of nitrogens with one attached hydrogen (secondary N) is 2. The number of halogens is 1. The zero-order valence-corrected chi connectivity index (χ0v) is 15.2. The lowest BCUT2D eigenvalue weighted by Crippen LogP contribution is -2.32. The van der Waals surface area contributed by atoms with E-state index in [4.69, 9.17) is 5.73 Å². The number of benzene rings is 2. The van der Waals surface area contributed by atoms with E-state index in [9.17, 15) is 9.59 Å². The van der Waals surface area contributed by atoms with E-state index in [0.717, 1.165) is 11.1 Å². The van der Waals surface area contributed by atoms with Gasteiger partial charge in [0.25, 0.3) is 5.91 Å². The van der Waals surface area contributed by atoms with Crippen molar-refractivity contribution in [2.75, 3.05) is 11.9 Å². The molecule has 2 rings (SSSR count). The standard InChI is InChI=1S/C19H23N3O2.ClH/c1-13-6-8-16(9-7-13)19(24)22-17-5-3-4-15(10-17)12-21-18(23)14(2)11-20;/h3-10,14H,11-12,20H2,1-2H3,(H,21,23)(H,22,24);1H. The molecule has 5 nitrogen and oxygen atoms in total. The molecule has 25 heavy (non-hydrogen) atoms. The van der Waals surface area contributed by atoms with Gasteiger partial charge in [-0.1, -0.05) is 36.8 Å². The molecular weight excluding hydrogens is 338 g/mol. The molecule has 0 aliphatic rings. The van der Waals surface area contributed by atoms with Crippen molar-refractivity contribution >= 4 is 29.9 Å². The maximum absolute atomic E-state index is 12.2. The fraction of sp³-hybridized carbons (Fsp3) is 0.263. The minimum absolute atomic E-state index is 0. The molecule has 1 atom stereocenters. The fourth-order valence-electron chi connectivity index (χ4n) is 2.14. The summed E-state index contributed by atoms with van der Waals surface area (Å²) in [6, 6.07) is 14.8. The Morgan fingerprint density at radius 3 is 2.44 bits per heavy atom. The highest BCUT2D eigenvalue weighted by Crippen LogP contribution is 2.13. The molecule has 4 N–H and O–H groups in total.